The molecule has 0 bridgehead atoms. The van der Waals surface area contributed by atoms with Gasteiger partial charge in [0.15, 0.2) is 0 Å². The van der Waals surface area contributed by atoms with Crippen LogP contribution in [0.2, 0.25) is 0 Å². The molecular formula is C18H21Br2N. The van der Waals surface area contributed by atoms with Gasteiger partial charge in [0, 0.05) is 15.0 Å². The fraction of sp³-hybridized carbons (Fsp3) is 0.333. The average Bonchev–Trinajstić information content (AvgIpc) is 2.47. The van der Waals surface area contributed by atoms with E-state index < -0.39 is 0 Å². The zero-order chi connectivity index (χ0) is 15.2. The average molecular weight is 411 g/mol. The number of hydrogen-bond donors (Lipinski definition) is 1. The Morgan fingerprint density at radius 1 is 1.00 bits per heavy atom. The smallest absolute Gasteiger partial charge is 0.0302 e. The van der Waals surface area contributed by atoms with Crippen LogP contribution in [-0.2, 0) is 0 Å². The molecule has 0 radical (unpaired) electrons. The molecule has 0 aliphatic heterocycles. The summed E-state index contributed by atoms with van der Waals surface area (Å²) in [5.41, 5.74) is 2.71. The summed E-state index contributed by atoms with van der Waals surface area (Å²) in [6, 6.07) is 17.4. The van der Waals surface area contributed by atoms with Gasteiger partial charge in [0.05, 0.1) is 0 Å². The van der Waals surface area contributed by atoms with Gasteiger partial charge in [0.25, 0.3) is 0 Å². The summed E-state index contributed by atoms with van der Waals surface area (Å²) < 4.78 is 2.25. The molecule has 112 valence electrons. The van der Waals surface area contributed by atoms with Crippen LogP contribution in [0.5, 0.6) is 0 Å². The van der Waals surface area contributed by atoms with Crippen molar-refractivity contribution in [3.05, 3.63) is 68.6 Å². The lowest BCUT2D eigenvalue weighted by Crippen LogP contribution is -2.21. The van der Waals surface area contributed by atoms with Gasteiger partial charge in [-0.15, -0.1) is 0 Å². The number of halogens is 2. The molecule has 0 aliphatic rings. The van der Waals surface area contributed by atoms with Crippen molar-refractivity contribution in [3.8, 4) is 0 Å². The Morgan fingerprint density at radius 3 is 2.38 bits per heavy atom. The van der Waals surface area contributed by atoms with Crippen molar-refractivity contribution in [1.29, 1.82) is 0 Å². The van der Waals surface area contributed by atoms with Crippen LogP contribution in [0.15, 0.2) is 57.5 Å². The summed E-state index contributed by atoms with van der Waals surface area (Å²) in [7, 11) is 0. The Labute approximate surface area is 144 Å². The van der Waals surface area contributed by atoms with E-state index in [1.807, 2.05) is 0 Å². The molecule has 21 heavy (non-hydrogen) atoms. The monoisotopic (exact) mass is 409 g/mol. The second kappa shape index (κ2) is 8.11. The van der Waals surface area contributed by atoms with Crippen molar-refractivity contribution < 1.29 is 0 Å². The van der Waals surface area contributed by atoms with E-state index in [0.717, 1.165) is 21.9 Å². The standard InChI is InChI=1S/C18H21Br2N/c1-13(15-6-4-3-5-7-15)10-11-21-14(2)17-9-8-16(19)12-18(17)20/h3-9,12-14,21H,10-11H2,1-2H3. The third kappa shape index (κ3) is 4.94. The summed E-state index contributed by atoms with van der Waals surface area (Å²) in [5, 5.41) is 3.61. The van der Waals surface area contributed by atoms with Gasteiger partial charge in [-0.1, -0.05) is 75.2 Å². The number of hydrogen-bond acceptors (Lipinski definition) is 1. The molecule has 0 saturated heterocycles. The lowest BCUT2D eigenvalue weighted by Gasteiger charge is -2.18. The van der Waals surface area contributed by atoms with Crippen molar-refractivity contribution in [3.63, 3.8) is 0 Å². The number of rotatable bonds is 6. The van der Waals surface area contributed by atoms with E-state index in [-0.39, 0.29) is 0 Å². The molecule has 1 N–H and O–H groups in total. The van der Waals surface area contributed by atoms with Crippen molar-refractivity contribution in [2.75, 3.05) is 6.54 Å². The highest BCUT2D eigenvalue weighted by Gasteiger charge is 2.10. The summed E-state index contributed by atoms with van der Waals surface area (Å²) in [5.74, 6) is 0.583. The predicted octanol–water partition coefficient (Wildman–Crippen LogP) is 6.06. The maximum atomic E-state index is 3.64. The fourth-order valence-corrected chi connectivity index (χ4v) is 3.82. The topological polar surface area (TPSA) is 12.0 Å². The van der Waals surface area contributed by atoms with Gasteiger partial charge in [-0.25, -0.2) is 0 Å². The van der Waals surface area contributed by atoms with E-state index in [2.05, 4.69) is 99.6 Å². The van der Waals surface area contributed by atoms with E-state index in [4.69, 9.17) is 0 Å². The molecule has 0 aromatic heterocycles. The molecule has 0 aliphatic carbocycles. The highest BCUT2D eigenvalue weighted by Crippen LogP contribution is 2.27. The van der Waals surface area contributed by atoms with Gasteiger partial charge in [-0.2, -0.15) is 0 Å². The van der Waals surface area contributed by atoms with Crippen LogP contribution in [0.3, 0.4) is 0 Å². The van der Waals surface area contributed by atoms with E-state index in [0.29, 0.717) is 12.0 Å². The Morgan fingerprint density at radius 2 is 1.71 bits per heavy atom. The maximum absolute atomic E-state index is 3.64. The van der Waals surface area contributed by atoms with E-state index >= 15 is 0 Å². The summed E-state index contributed by atoms with van der Waals surface area (Å²) >= 11 is 7.13. The van der Waals surface area contributed by atoms with E-state index in [1.54, 1.807) is 0 Å². The van der Waals surface area contributed by atoms with Crippen molar-refractivity contribution in [1.82, 2.24) is 5.32 Å². The van der Waals surface area contributed by atoms with Crippen LogP contribution >= 0.6 is 31.9 Å². The maximum Gasteiger partial charge on any atom is 0.0302 e. The molecule has 2 unspecified atom stereocenters. The van der Waals surface area contributed by atoms with Gasteiger partial charge in [0.2, 0.25) is 0 Å². The molecule has 0 amide bonds. The highest BCUT2D eigenvalue weighted by molar-refractivity contribution is 9.11. The largest absolute Gasteiger partial charge is 0.310 e. The lowest BCUT2D eigenvalue weighted by molar-refractivity contribution is 0.530. The van der Waals surface area contributed by atoms with Crippen molar-refractivity contribution in [2.24, 2.45) is 0 Å². The molecule has 0 saturated carbocycles. The summed E-state index contributed by atoms with van der Waals surface area (Å²) in [6.07, 6.45) is 1.14. The van der Waals surface area contributed by atoms with Crippen LogP contribution in [0.1, 0.15) is 43.4 Å². The van der Waals surface area contributed by atoms with Gasteiger partial charge in [-0.3, -0.25) is 0 Å². The first-order valence-corrected chi connectivity index (χ1v) is 8.90. The third-order valence-electron chi connectivity index (χ3n) is 3.83. The second-order valence-electron chi connectivity index (χ2n) is 5.44. The van der Waals surface area contributed by atoms with Crippen LogP contribution in [-0.4, -0.2) is 6.54 Å². The zero-order valence-corrected chi connectivity index (χ0v) is 15.6. The van der Waals surface area contributed by atoms with Crippen LogP contribution < -0.4 is 5.32 Å². The lowest BCUT2D eigenvalue weighted by atomic mass is 9.98. The zero-order valence-electron chi connectivity index (χ0n) is 12.4. The van der Waals surface area contributed by atoms with Crippen LogP contribution in [0.25, 0.3) is 0 Å². The van der Waals surface area contributed by atoms with Gasteiger partial charge in [-0.05, 0) is 49.1 Å². The molecule has 2 aromatic carbocycles. The van der Waals surface area contributed by atoms with Gasteiger partial charge >= 0.3 is 0 Å². The Balaban J connectivity index is 1.85. The molecule has 0 heterocycles. The van der Waals surface area contributed by atoms with E-state index in [9.17, 15) is 0 Å². The van der Waals surface area contributed by atoms with Crippen molar-refractivity contribution in [2.45, 2.75) is 32.2 Å². The minimum absolute atomic E-state index is 0.343. The van der Waals surface area contributed by atoms with Crippen LogP contribution in [0, 0.1) is 0 Å². The number of benzene rings is 2. The fourth-order valence-electron chi connectivity index (χ4n) is 2.43. The molecule has 2 aromatic rings. The van der Waals surface area contributed by atoms with Gasteiger partial charge < -0.3 is 5.32 Å². The first-order chi connectivity index (χ1) is 10.1. The molecule has 2 atom stereocenters. The minimum Gasteiger partial charge on any atom is -0.310 e. The molecule has 0 spiro atoms. The number of nitrogens with one attached hydrogen (secondary N) is 1. The molecule has 1 nitrogen and oxygen atoms in total. The first kappa shape index (κ1) is 16.7. The molecule has 2 rings (SSSR count). The SMILES string of the molecule is CC(CCNC(C)c1ccc(Br)cc1Br)c1ccccc1. The first-order valence-electron chi connectivity index (χ1n) is 7.31. The summed E-state index contributed by atoms with van der Waals surface area (Å²) in [6.45, 7) is 5.51. The summed E-state index contributed by atoms with van der Waals surface area (Å²) in [4.78, 5) is 0. The Hall–Kier alpha value is -0.640. The highest BCUT2D eigenvalue weighted by atomic mass is 79.9. The van der Waals surface area contributed by atoms with Crippen LogP contribution in [0.4, 0.5) is 0 Å². The minimum atomic E-state index is 0.343. The van der Waals surface area contributed by atoms with Gasteiger partial charge in [0.1, 0.15) is 0 Å². The van der Waals surface area contributed by atoms with E-state index in [1.165, 1.54) is 11.1 Å². The molecule has 0 fully saturated rings. The predicted molar refractivity (Wildman–Crippen MR) is 97.7 cm³/mol. The Bertz CT molecular complexity index is 569. The Kier molecular flexibility index (Phi) is 6.46. The van der Waals surface area contributed by atoms with Crippen molar-refractivity contribution >= 4 is 31.9 Å². The molecular weight excluding hydrogens is 390 g/mol. The third-order valence-corrected chi connectivity index (χ3v) is 5.01. The second-order valence-corrected chi connectivity index (χ2v) is 7.21. The molecule has 3 heteroatoms. The normalized spacial score (nSPS) is 13.9. The quantitative estimate of drug-likeness (QED) is 0.610.